The molecule has 1 aliphatic heterocycles. The zero-order valence-corrected chi connectivity index (χ0v) is 16.0. The van der Waals surface area contributed by atoms with Crippen molar-refractivity contribution in [2.45, 2.75) is 43.8 Å². The van der Waals surface area contributed by atoms with Crippen LogP contribution < -0.4 is 10.6 Å². The van der Waals surface area contributed by atoms with Crippen molar-refractivity contribution in [3.63, 3.8) is 0 Å². The SMILES string of the molecule is CCC1CCCCN1C(=O)CSc1nnc(-c2ccccc2OC)n1N. The van der Waals surface area contributed by atoms with Crippen LogP contribution >= 0.6 is 11.8 Å². The Morgan fingerprint density at radius 1 is 1.35 bits per heavy atom. The lowest BCUT2D eigenvalue weighted by Crippen LogP contribution is -2.44. The van der Waals surface area contributed by atoms with Crippen LogP contribution in [0.4, 0.5) is 0 Å². The number of carbonyl (C=O) groups excluding carboxylic acids is 1. The molecule has 0 saturated carbocycles. The molecule has 1 atom stereocenters. The van der Waals surface area contributed by atoms with Gasteiger partial charge in [-0.2, -0.15) is 0 Å². The van der Waals surface area contributed by atoms with E-state index in [-0.39, 0.29) is 5.91 Å². The number of hydrogen-bond donors (Lipinski definition) is 1. The van der Waals surface area contributed by atoms with Crippen LogP contribution in [0.2, 0.25) is 0 Å². The van der Waals surface area contributed by atoms with Crippen LogP contribution in [0.3, 0.4) is 0 Å². The Labute approximate surface area is 157 Å². The Morgan fingerprint density at radius 2 is 2.15 bits per heavy atom. The van der Waals surface area contributed by atoms with Gasteiger partial charge in [-0.3, -0.25) is 4.79 Å². The van der Waals surface area contributed by atoms with E-state index in [0.29, 0.717) is 28.5 Å². The summed E-state index contributed by atoms with van der Waals surface area (Å²) < 4.78 is 6.78. The highest BCUT2D eigenvalue weighted by atomic mass is 32.2. The fourth-order valence-corrected chi connectivity index (χ4v) is 4.09. The van der Waals surface area contributed by atoms with E-state index >= 15 is 0 Å². The third-order valence-electron chi connectivity index (χ3n) is 4.76. The quantitative estimate of drug-likeness (QED) is 0.617. The fourth-order valence-electron chi connectivity index (χ4n) is 3.35. The standard InChI is InChI=1S/C18H25N5O2S/c1-3-13-8-6-7-11-22(13)16(24)12-26-18-21-20-17(23(18)19)14-9-4-5-10-15(14)25-2/h4-5,9-10,13H,3,6-8,11-12,19H2,1-2H3. The van der Waals surface area contributed by atoms with Gasteiger partial charge in [0.2, 0.25) is 11.1 Å². The molecule has 1 saturated heterocycles. The van der Waals surface area contributed by atoms with Gasteiger partial charge in [-0.25, -0.2) is 4.68 Å². The maximum absolute atomic E-state index is 12.6. The van der Waals surface area contributed by atoms with E-state index in [4.69, 9.17) is 10.6 Å². The van der Waals surface area contributed by atoms with Crippen molar-refractivity contribution in [3.8, 4) is 17.1 Å². The molecule has 2 aromatic rings. The summed E-state index contributed by atoms with van der Waals surface area (Å²) in [6, 6.07) is 7.87. The molecule has 1 unspecified atom stereocenters. The molecule has 2 N–H and O–H groups in total. The minimum Gasteiger partial charge on any atom is -0.496 e. The summed E-state index contributed by atoms with van der Waals surface area (Å²) in [7, 11) is 1.60. The topological polar surface area (TPSA) is 86.3 Å². The van der Waals surface area contributed by atoms with Crippen LogP contribution in [0.5, 0.6) is 5.75 Å². The third-order valence-corrected chi connectivity index (χ3v) is 5.68. The lowest BCUT2D eigenvalue weighted by molar-refractivity contribution is -0.132. The summed E-state index contributed by atoms with van der Waals surface area (Å²) in [6.45, 7) is 2.99. The van der Waals surface area contributed by atoms with Crippen molar-refractivity contribution in [1.29, 1.82) is 0 Å². The van der Waals surface area contributed by atoms with Crippen LogP contribution in [-0.2, 0) is 4.79 Å². The average molecular weight is 375 g/mol. The smallest absolute Gasteiger partial charge is 0.233 e. The van der Waals surface area contributed by atoms with Gasteiger partial charge in [0, 0.05) is 12.6 Å². The number of piperidine rings is 1. The van der Waals surface area contributed by atoms with Crippen LogP contribution in [0.15, 0.2) is 29.4 Å². The van der Waals surface area contributed by atoms with Gasteiger partial charge in [0.15, 0.2) is 5.82 Å². The number of rotatable bonds is 6. The van der Waals surface area contributed by atoms with E-state index in [1.807, 2.05) is 29.2 Å². The van der Waals surface area contributed by atoms with E-state index < -0.39 is 0 Å². The second kappa shape index (κ2) is 8.44. The average Bonchev–Trinajstić information content (AvgIpc) is 3.06. The van der Waals surface area contributed by atoms with Crippen molar-refractivity contribution in [3.05, 3.63) is 24.3 Å². The molecule has 1 aliphatic rings. The summed E-state index contributed by atoms with van der Waals surface area (Å²) in [5.41, 5.74) is 0.769. The first-order valence-electron chi connectivity index (χ1n) is 8.91. The molecule has 1 aromatic heterocycles. The van der Waals surface area contributed by atoms with E-state index in [1.165, 1.54) is 22.9 Å². The zero-order chi connectivity index (χ0) is 18.5. The highest BCUT2D eigenvalue weighted by Crippen LogP contribution is 2.29. The molecule has 140 valence electrons. The molecule has 1 amide bonds. The number of nitrogens with two attached hydrogens (primary N) is 1. The minimum atomic E-state index is 0.142. The van der Waals surface area contributed by atoms with Gasteiger partial charge in [-0.15, -0.1) is 10.2 Å². The Hall–Kier alpha value is -2.22. The molecule has 8 heteroatoms. The summed E-state index contributed by atoms with van der Waals surface area (Å²) in [4.78, 5) is 14.6. The Bertz CT molecular complexity index is 764. The molecular formula is C18H25N5O2S. The van der Waals surface area contributed by atoms with E-state index in [0.717, 1.165) is 31.4 Å². The first-order chi connectivity index (χ1) is 12.7. The Balaban J connectivity index is 1.70. The summed E-state index contributed by atoms with van der Waals surface area (Å²) in [5.74, 6) is 7.82. The molecule has 2 heterocycles. The Morgan fingerprint density at radius 3 is 2.92 bits per heavy atom. The van der Waals surface area contributed by atoms with Gasteiger partial charge in [0.05, 0.1) is 18.4 Å². The van der Waals surface area contributed by atoms with Gasteiger partial charge < -0.3 is 15.5 Å². The van der Waals surface area contributed by atoms with Crippen molar-refractivity contribution in [2.75, 3.05) is 25.3 Å². The Kier molecular flexibility index (Phi) is 6.03. The highest BCUT2D eigenvalue weighted by Gasteiger charge is 2.26. The van der Waals surface area contributed by atoms with Crippen LogP contribution in [-0.4, -0.2) is 51.1 Å². The number of benzene rings is 1. The predicted octanol–water partition coefficient (Wildman–Crippen LogP) is 2.55. The number of hydrogen-bond acceptors (Lipinski definition) is 6. The number of thioether (sulfide) groups is 1. The molecular weight excluding hydrogens is 350 g/mol. The number of carbonyl (C=O) groups is 1. The number of methoxy groups -OCH3 is 1. The van der Waals surface area contributed by atoms with E-state index in [1.54, 1.807) is 7.11 Å². The second-order valence-electron chi connectivity index (χ2n) is 6.31. The first kappa shape index (κ1) is 18.6. The van der Waals surface area contributed by atoms with Crippen molar-refractivity contribution in [2.24, 2.45) is 0 Å². The molecule has 0 spiro atoms. The van der Waals surface area contributed by atoms with Crippen molar-refractivity contribution >= 4 is 17.7 Å². The molecule has 7 nitrogen and oxygen atoms in total. The lowest BCUT2D eigenvalue weighted by Gasteiger charge is -2.35. The molecule has 1 fully saturated rings. The first-order valence-corrected chi connectivity index (χ1v) is 9.90. The zero-order valence-electron chi connectivity index (χ0n) is 15.2. The minimum absolute atomic E-state index is 0.142. The summed E-state index contributed by atoms with van der Waals surface area (Å²) in [6.07, 6.45) is 4.38. The molecule has 1 aromatic carbocycles. The predicted molar refractivity (Wildman–Crippen MR) is 103 cm³/mol. The maximum atomic E-state index is 12.6. The van der Waals surface area contributed by atoms with Crippen LogP contribution in [0.25, 0.3) is 11.4 Å². The normalized spacial score (nSPS) is 17.3. The van der Waals surface area contributed by atoms with Gasteiger partial charge in [-0.1, -0.05) is 30.8 Å². The van der Waals surface area contributed by atoms with Crippen molar-refractivity contribution in [1.82, 2.24) is 19.8 Å². The van der Waals surface area contributed by atoms with Crippen LogP contribution in [0, 0.1) is 0 Å². The number of nitrogen functional groups attached to an aromatic ring is 1. The number of nitrogens with zero attached hydrogens (tertiary/aromatic N) is 4. The van der Waals surface area contributed by atoms with Crippen LogP contribution in [0.1, 0.15) is 32.6 Å². The number of likely N-dealkylation sites (tertiary alicyclic amines) is 1. The van der Waals surface area contributed by atoms with Gasteiger partial charge >= 0.3 is 0 Å². The molecule has 0 radical (unpaired) electrons. The van der Waals surface area contributed by atoms with E-state index in [9.17, 15) is 4.79 Å². The number of aromatic nitrogens is 3. The number of para-hydroxylation sites is 1. The fraction of sp³-hybridized carbons (Fsp3) is 0.500. The molecule has 3 rings (SSSR count). The second-order valence-corrected chi connectivity index (χ2v) is 7.25. The maximum Gasteiger partial charge on any atom is 0.233 e. The highest BCUT2D eigenvalue weighted by molar-refractivity contribution is 7.99. The largest absolute Gasteiger partial charge is 0.496 e. The molecule has 0 bridgehead atoms. The van der Waals surface area contributed by atoms with Gasteiger partial charge in [0.25, 0.3) is 0 Å². The number of ether oxygens (including phenoxy) is 1. The van der Waals surface area contributed by atoms with Gasteiger partial charge in [-0.05, 0) is 37.8 Å². The summed E-state index contributed by atoms with van der Waals surface area (Å²) >= 11 is 1.32. The lowest BCUT2D eigenvalue weighted by atomic mass is 10.0. The van der Waals surface area contributed by atoms with Crippen molar-refractivity contribution < 1.29 is 9.53 Å². The monoisotopic (exact) mass is 375 g/mol. The summed E-state index contributed by atoms with van der Waals surface area (Å²) in [5, 5.41) is 8.84. The molecule has 26 heavy (non-hydrogen) atoms. The third kappa shape index (κ3) is 3.80. The van der Waals surface area contributed by atoms with E-state index in [2.05, 4.69) is 17.1 Å². The van der Waals surface area contributed by atoms with Gasteiger partial charge in [0.1, 0.15) is 5.75 Å². The molecule has 0 aliphatic carbocycles. The number of amides is 1.